The molecule has 39 heavy (non-hydrogen) atoms. The summed E-state index contributed by atoms with van der Waals surface area (Å²) in [6, 6.07) is 14.0. The fourth-order valence-corrected chi connectivity index (χ4v) is 4.65. The number of hydrogen-bond donors (Lipinski definition) is 0. The molecule has 1 aliphatic rings. The number of rotatable bonds is 8. The largest absolute Gasteiger partial charge is 0.309 e. The quantitative estimate of drug-likeness (QED) is 0.240. The Labute approximate surface area is 227 Å². The fourth-order valence-electron chi connectivity index (χ4n) is 4.48. The molecular weight excluding hydrogens is 528 g/mol. The summed E-state index contributed by atoms with van der Waals surface area (Å²) in [7, 11) is 3.75. The van der Waals surface area contributed by atoms with E-state index in [9.17, 15) is 23.2 Å². The molecule has 3 aromatic carbocycles. The lowest BCUT2D eigenvalue weighted by Gasteiger charge is -2.18. The standard InChI is InChI=1S/C28H22ClF2N5O3/c1-34(2)13-12-23-32-33-24(15-35-27(38)17-6-3-4-7-18(17)28(35)39)36(23)22-11-10-16(29)14-19(22)26(37)25-20(30)8-5-9-21(25)31/h3-11,14H,12-13,15H2,1-2H3. The van der Waals surface area contributed by atoms with Crippen molar-refractivity contribution in [3.63, 3.8) is 0 Å². The first-order valence-corrected chi connectivity index (χ1v) is 12.4. The van der Waals surface area contributed by atoms with Gasteiger partial charge >= 0.3 is 0 Å². The second kappa shape index (κ2) is 10.5. The van der Waals surface area contributed by atoms with Crippen LogP contribution in [0.2, 0.25) is 5.02 Å². The van der Waals surface area contributed by atoms with Gasteiger partial charge in [0, 0.05) is 23.6 Å². The molecule has 0 atom stereocenters. The molecule has 0 fully saturated rings. The molecule has 2 heterocycles. The van der Waals surface area contributed by atoms with E-state index in [1.54, 1.807) is 24.3 Å². The molecule has 0 saturated carbocycles. The highest BCUT2D eigenvalue weighted by atomic mass is 35.5. The third-order valence-electron chi connectivity index (χ3n) is 6.39. The second-order valence-electron chi connectivity index (χ2n) is 9.25. The van der Waals surface area contributed by atoms with Crippen molar-refractivity contribution < 1.29 is 23.2 Å². The first-order valence-electron chi connectivity index (χ1n) is 12.0. The predicted octanol–water partition coefficient (Wildman–Crippen LogP) is 4.33. The van der Waals surface area contributed by atoms with E-state index < -0.39 is 34.8 Å². The van der Waals surface area contributed by atoms with Crippen LogP contribution >= 0.6 is 11.6 Å². The summed E-state index contributed by atoms with van der Waals surface area (Å²) < 4.78 is 30.7. The number of hydrogen-bond acceptors (Lipinski definition) is 6. The van der Waals surface area contributed by atoms with Gasteiger partial charge in [0.2, 0.25) is 5.78 Å². The lowest BCUT2D eigenvalue weighted by Crippen LogP contribution is -2.30. The number of carbonyl (C=O) groups is 3. The van der Waals surface area contributed by atoms with Gasteiger partial charge in [0.1, 0.15) is 17.5 Å². The van der Waals surface area contributed by atoms with Crippen LogP contribution < -0.4 is 0 Å². The van der Waals surface area contributed by atoms with Crippen LogP contribution in [0.1, 0.15) is 48.3 Å². The molecule has 8 nitrogen and oxygen atoms in total. The number of carbonyl (C=O) groups excluding carboxylic acids is 3. The molecule has 0 aliphatic carbocycles. The van der Waals surface area contributed by atoms with Gasteiger partial charge in [-0.2, -0.15) is 0 Å². The molecule has 198 valence electrons. The van der Waals surface area contributed by atoms with E-state index in [0.717, 1.165) is 17.0 Å². The SMILES string of the molecule is CN(C)CCc1nnc(CN2C(=O)c3ccccc3C2=O)n1-c1ccc(Cl)cc1C(=O)c1c(F)cccc1F. The maximum atomic E-state index is 14.6. The van der Waals surface area contributed by atoms with Crippen molar-refractivity contribution in [2.24, 2.45) is 0 Å². The van der Waals surface area contributed by atoms with Gasteiger partial charge in [0.05, 0.1) is 28.9 Å². The minimum Gasteiger partial charge on any atom is -0.309 e. The molecule has 0 radical (unpaired) electrons. The summed E-state index contributed by atoms with van der Waals surface area (Å²) in [6.45, 7) is 0.315. The fraction of sp³-hybridized carbons (Fsp3) is 0.179. The zero-order chi connectivity index (χ0) is 27.8. The van der Waals surface area contributed by atoms with E-state index >= 15 is 0 Å². The first kappa shape index (κ1) is 26.3. The van der Waals surface area contributed by atoms with Crippen molar-refractivity contribution in [1.82, 2.24) is 24.6 Å². The molecule has 0 spiro atoms. The summed E-state index contributed by atoms with van der Waals surface area (Å²) in [4.78, 5) is 42.6. The molecule has 0 saturated heterocycles. The van der Waals surface area contributed by atoms with E-state index in [1.165, 1.54) is 28.8 Å². The van der Waals surface area contributed by atoms with Crippen LogP contribution in [-0.2, 0) is 13.0 Å². The Kier molecular flexibility index (Phi) is 7.07. The topological polar surface area (TPSA) is 88.4 Å². The number of halogens is 3. The third kappa shape index (κ3) is 4.84. The van der Waals surface area contributed by atoms with E-state index in [2.05, 4.69) is 10.2 Å². The summed E-state index contributed by atoms with van der Waals surface area (Å²) in [5.41, 5.74) is -0.0677. The molecule has 0 bridgehead atoms. The Balaban J connectivity index is 1.63. The van der Waals surface area contributed by atoms with Gasteiger partial charge in [-0.05, 0) is 56.6 Å². The summed E-state index contributed by atoms with van der Waals surface area (Å²) in [5.74, 6) is -3.34. The van der Waals surface area contributed by atoms with E-state index in [0.29, 0.717) is 18.8 Å². The van der Waals surface area contributed by atoms with Crippen LogP contribution in [0, 0.1) is 11.6 Å². The van der Waals surface area contributed by atoms with Gasteiger partial charge in [0.25, 0.3) is 11.8 Å². The number of benzene rings is 3. The molecule has 2 amide bonds. The Morgan fingerprint density at radius 1 is 0.897 bits per heavy atom. The Morgan fingerprint density at radius 2 is 1.51 bits per heavy atom. The summed E-state index contributed by atoms with van der Waals surface area (Å²) in [6.07, 6.45) is 0.381. The number of aromatic nitrogens is 3. The van der Waals surface area contributed by atoms with Gasteiger partial charge in [-0.25, -0.2) is 8.78 Å². The Morgan fingerprint density at radius 3 is 2.13 bits per heavy atom. The van der Waals surface area contributed by atoms with Crippen molar-refractivity contribution in [1.29, 1.82) is 0 Å². The normalized spacial score (nSPS) is 12.9. The van der Waals surface area contributed by atoms with E-state index in [1.807, 2.05) is 19.0 Å². The zero-order valence-corrected chi connectivity index (χ0v) is 21.7. The molecular formula is C28H22ClF2N5O3. The highest BCUT2D eigenvalue weighted by Gasteiger charge is 2.36. The smallest absolute Gasteiger partial charge is 0.261 e. The summed E-state index contributed by atoms with van der Waals surface area (Å²) >= 11 is 6.21. The zero-order valence-electron chi connectivity index (χ0n) is 21.0. The van der Waals surface area contributed by atoms with Crippen molar-refractivity contribution in [2.45, 2.75) is 13.0 Å². The van der Waals surface area contributed by atoms with Crippen LogP contribution in [0.5, 0.6) is 0 Å². The minimum atomic E-state index is -1.02. The van der Waals surface area contributed by atoms with Gasteiger partial charge in [-0.3, -0.25) is 23.9 Å². The number of amides is 2. The van der Waals surface area contributed by atoms with E-state index in [4.69, 9.17) is 11.6 Å². The third-order valence-corrected chi connectivity index (χ3v) is 6.63. The van der Waals surface area contributed by atoms with Gasteiger partial charge < -0.3 is 4.90 Å². The number of ketones is 1. The number of imide groups is 1. The van der Waals surface area contributed by atoms with Crippen LogP contribution in [-0.4, -0.2) is 62.8 Å². The highest BCUT2D eigenvalue weighted by Crippen LogP contribution is 2.29. The van der Waals surface area contributed by atoms with Gasteiger partial charge in [-0.1, -0.05) is 29.8 Å². The second-order valence-corrected chi connectivity index (χ2v) is 9.69. The summed E-state index contributed by atoms with van der Waals surface area (Å²) in [5, 5.41) is 8.70. The predicted molar refractivity (Wildman–Crippen MR) is 139 cm³/mol. The van der Waals surface area contributed by atoms with Crippen molar-refractivity contribution in [3.8, 4) is 5.69 Å². The number of likely N-dealkylation sites (N-methyl/N-ethyl adjacent to an activating group) is 1. The van der Waals surface area contributed by atoms with Gasteiger partial charge in [-0.15, -0.1) is 10.2 Å². The molecule has 0 unspecified atom stereocenters. The number of fused-ring (bicyclic) bond motifs is 1. The molecule has 1 aliphatic heterocycles. The molecule has 4 aromatic rings. The number of nitrogens with zero attached hydrogens (tertiary/aromatic N) is 5. The van der Waals surface area contributed by atoms with Crippen molar-refractivity contribution >= 4 is 29.2 Å². The average molecular weight is 550 g/mol. The van der Waals surface area contributed by atoms with Crippen LogP contribution in [0.25, 0.3) is 5.69 Å². The molecule has 1 aromatic heterocycles. The average Bonchev–Trinajstić information content (AvgIpc) is 3.41. The van der Waals surface area contributed by atoms with Crippen LogP contribution in [0.4, 0.5) is 8.78 Å². The molecule has 5 rings (SSSR count). The van der Waals surface area contributed by atoms with Crippen LogP contribution in [0.15, 0.2) is 60.7 Å². The highest BCUT2D eigenvalue weighted by molar-refractivity contribution is 6.31. The van der Waals surface area contributed by atoms with Gasteiger partial charge in [0.15, 0.2) is 5.82 Å². The lowest BCUT2D eigenvalue weighted by atomic mass is 10.00. The maximum Gasteiger partial charge on any atom is 0.261 e. The monoisotopic (exact) mass is 549 g/mol. The minimum absolute atomic E-state index is 0.0963. The van der Waals surface area contributed by atoms with E-state index in [-0.39, 0.29) is 39.8 Å². The Bertz CT molecular complexity index is 1580. The van der Waals surface area contributed by atoms with Crippen molar-refractivity contribution in [3.05, 3.63) is 111 Å². The maximum absolute atomic E-state index is 14.6. The first-order chi connectivity index (χ1) is 18.7. The molecule has 0 N–H and O–H groups in total. The lowest BCUT2D eigenvalue weighted by molar-refractivity contribution is 0.0637. The molecule has 11 heteroatoms. The van der Waals surface area contributed by atoms with Crippen molar-refractivity contribution in [2.75, 3.05) is 20.6 Å². The van der Waals surface area contributed by atoms with Crippen LogP contribution in [0.3, 0.4) is 0 Å². The Hall–Kier alpha value is -4.28.